The number of carboxylic acid groups (broad SMARTS) is 1. The van der Waals surface area contributed by atoms with E-state index in [0.717, 1.165) is 44.1 Å². The molecular formula is C32H42N2O5. The molecule has 3 saturated carbocycles. The smallest absolute Gasteiger partial charge is 0.304 e. The molecule has 1 amide bonds. The van der Waals surface area contributed by atoms with Gasteiger partial charge in [-0.25, -0.2) is 0 Å². The van der Waals surface area contributed by atoms with Crippen LogP contribution in [0.3, 0.4) is 0 Å². The minimum Gasteiger partial charge on any atom is -0.481 e. The molecule has 7 unspecified atom stereocenters. The van der Waals surface area contributed by atoms with E-state index >= 15 is 0 Å². The van der Waals surface area contributed by atoms with Crippen LogP contribution in [0, 0.1) is 28.6 Å². The number of fused-ring (bicyclic) bond motifs is 5. The van der Waals surface area contributed by atoms with E-state index in [9.17, 15) is 19.8 Å². The van der Waals surface area contributed by atoms with Gasteiger partial charge in [-0.3, -0.25) is 9.59 Å². The highest BCUT2D eigenvalue weighted by Crippen LogP contribution is 2.66. The van der Waals surface area contributed by atoms with Gasteiger partial charge in [0.2, 0.25) is 0 Å². The van der Waals surface area contributed by atoms with Gasteiger partial charge in [0.05, 0.1) is 12.0 Å². The molecule has 0 aliphatic heterocycles. The number of nitrogens with one attached hydrogen (secondary N) is 1. The van der Waals surface area contributed by atoms with Crippen molar-refractivity contribution >= 4 is 17.6 Å². The fraction of sp³-hybridized carbons (Fsp3) is 0.594. The molecule has 0 saturated heterocycles. The van der Waals surface area contributed by atoms with Gasteiger partial charge < -0.3 is 20.4 Å². The van der Waals surface area contributed by atoms with Crippen LogP contribution >= 0.6 is 0 Å². The molecule has 3 fully saturated rings. The summed E-state index contributed by atoms with van der Waals surface area (Å²) in [6.45, 7) is 6.71. The zero-order valence-electron chi connectivity index (χ0n) is 23.4. The van der Waals surface area contributed by atoms with E-state index in [1.807, 2.05) is 43.3 Å². The van der Waals surface area contributed by atoms with Crippen LogP contribution in [0.4, 0.5) is 0 Å². The second kappa shape index (κ2) is 10.6. The standard InChI is InChI=1S/C32H42N2O5/c1-30-14-11-24(34-39-20-28(35)33-19-22(17-29(36)37)21-7-5-4-6-8-21)18-23(30)9-10-25-26(30)12-15-31(2)27(25)13-16-32(31,3)38/h4-8,11,14,18,22,25-27,38H,9-10,12-13,15-17,19-20H2,1-3H3,(H,33,35)(H,36,37). The summed E-state index contributed by atoms with van der Waals surface area (Å²) >= 11 is 0. The Morgan fingerprint density at radius 3 is 2.59 bits per heavy atom. The molecule has 5 rings (SSSR count). The normalized spacial score (nSPS) is 36.8. The Bertz CT molecular complexity index is 1190. The maximum Gasteiger partial charge on any atom is 0.304 e. The van der Waals surface area contributed by atoms with Crippen molar-refractivity contribution in [2.45, 2.75) is 77.2 Å². The summed E-state index contributed by atoms with van der Waals surface area (Å²) in [7, 11) is 0. The largest absolute Gasteiger partial charge is 0.481 e. The van der Waals surface area contributed by atoms with Gasteiger partial charge in [0.25, 0.3) is 5.91 Å². The predicted molar refractivity (Wildman–Crippen MR) is 150 cm³/mol. The zero-order chi connectivity index (χ0) is 27.8. The average molecular weight is 535 g/mol. The number of allylic oxidation sites excluding steroid dienone is 4. The lowest BCUT2D eigenvalue weighted by Crippen LogP contribution is -2.53. The van der Waals surface area contributed by atoms with Gasteiger partial charge in [-0.1, -0.05) is 61.0 Å². The topological polar surface area (TPSA) is 108 Å². The fourth-order valence-electron chi connectivity index (χ4n) is 8.21. The van der Waals surface area contributed by atoms with Crippen molar-refractivity contribution in [3.63, 3.8) is 0 Å². The van der Waals surface area contributed by atoms with E-state index < -0.39 is 11.6 Å². The number of hydrogen-bond donors (Lipinski definition) is 3. The first-order valence-electron chi connectivity index (χ1n) is 14.4. The lowest BCUT2D eigenvalue weighted by atomic mass is 9.47. The molecule has 0 radical (unpaired) electrons. The molecule has 39 heavy (non-hydrogen) atoms. The first kappa shape index (κ1) is 27.6. The van der Waals surface area contributed by atoms with Gasteiger partial charge in [0, 0.05) is 17.9 Å². The van der Waals surface area contributed by atoms with Crippen molar-refractivity contribution in [1.29, 1.82) is 0 Å². The Balaban J connectivity index is 1.17. The predicted octanol–water partition coefficient (Wildman–Crippen LogP) is 5.22. The molecule has 7 nitrogen and oxygen atoms in total. The number of nitrogens with zero attached hydrogens (tertiary/aromatic N) is 1. The van der Waals surface area contributed by atoms with Crippen LogP contribution in [0.5, 0.6) is 0 Å². The summed E-state index contributed by atoms with van der Waals surface area (Å²) in [5, 5.41) is 27.4. The molecule has 1 aromatic rings. The number of carbonyl (C=O) groups is 2. The highest BCUT2D eigenvalue weighted by Gasteiger charge is 2.61. The molecule has 4 aliphatic carbocycles. The first-order chi connectivity index (χ1) is 18.5. The Morgan fingerprint density at radius 2 is 1.85 bits per heavy atom. The summed E-state index contributed by atoms with van der Waals surface area (Å²) in [6, 6.07) is 9.34. The zero-order valence-corrected chi connectivity index (χ0v) is 23.4. The van der Waals surface area contributed by atoms with Gasteiger partial charge >= 0.3 is 5.97 Å². The van der Waals surface area contributed by atoms with Gasteiger partial charge in [-0.15, -0.1) is 0 Å². The van der Waals surface area contributed by atoms with Crippen LogP contribution in [-0.4, -0.2) is 46.6 Å². The van der Waals surface area contributed by atoms with Crippen LogP contribution in [0.25, 0.3) is 0 Å². The average Bonchev–Trinajstić information content (AvgIpc) is 3.15. The third kappa shape index (κ3) is 5.18. The van der Waals surface area contributed by atoms with Gasteiger partial charge in [-0.2, -0.15) is 0 Å². The highest BCUT2D eigenvalue weighted by atomic mass is 16.6. The van der Waals surface area contributed by atoms with Crippen LogP contribution in [0.2, 0.25) is 0 Å². The van der Waals surface area contributed by atoms with E-state index in [0.29, 0.717) is 23.5 Å². The number of amides is 1. The van der Waals surface area contributed by atoms with Crippen LogP contribution < -0.4 is 5.32 Å². The molecule has 1 aromatic carbocycles. The van der Waals surface area contributed by atoms with Crippen molar-refractivity contribution in [2.24, 2.45) is 33.7 Å². The number of aliphatic hydroxyl groups is 1. The minimum absolute atomic E-state index is 0.00825. The van der Waals surface area contributed by atoms with Crippen molar-refractivity contribution in [3.8, 4) is 0 Å². The lowest BCUT2D eigenvalue weighted by Gasteiger charge is -2.58. The number of carboxylic acids is 1. The molecule has 7 heteroatoms. The molecule has 0 spiro atoms. The van der Waals surface area contributed by atoms with Gasteiger partial charge in [-0.05, 0) is 86.3 Å². The number of hydrogen-bond acceptors (Lipinski definition) is 5. The summed E-state index contributed by atoms with van der Waals surface area (Å²) in [4.78, 5) is 29.1. The molecule has 0 bridgehead atoms. The molecule has 210 valence electrons. The van der Waals surface area contributed by atoms with Crippen LogP contribution in [0.1, 0.15) is 77.2 Å². The van der Waals surface area contributed by atoms with E-state index in [-0.39, 0.29) is 42.2 Å². The van der Waals surface area contributed by atoms with E-state index in [1.165, 1.54) is 5.57 Å². The number of rotatable bonds is 8. The number of oxime groups is 1. The first-order valence-corrected chi connectivity index (χ1v) is 14.4. The molecule has 7 atom stereocenters. The third-order valence-electron chi connectivity index (χ3n) is 10.7. The fourth-order valence-corrected chi connectivity index (χ4v) is 8.21. The number of benzene rings is 1. The molecule has 0 heterocycles. The SMILES string of the molecule is CC12C=CC(=NOCC(=O)NCC(CC(=O)O)c3ccccc3)C=C1CCC1C2CCC2(C)C1CCC2(C)O. The Morgan fingerprint density at radius 1 is 1.10 bits per heavy atom. The Hall–Kier alpha value is -2.93. The summed E-state index contributed by atoms with van der Waals surface area (Å²) in [5.74, 6) is 0.219. The molecule has 4 aliphatic rings. The highest BCUT2D eigenvalue weighted by molar-refractivity contribution is 6.05. The van der Waals surface area contributed by atoms with Crippen LogP contribution in [-0.2, 0) is 14.4 Å². The second-order valence-corrected chi connectivity index (χ2v) is 12.8. The van der Waals surface area contributed by atoms with E-state index in [1.54, 1.807) is 0 Å². The Labute approximate surface area is 231 Å². The van der Waals surface area contributed by atoms with Crippen LogP contribution in [0.15, 0.2) is 59.3 Å². The molecule has 0 aromatic heterocycles. The summed E-state index contributed by atoms with van der Waals surface area (Å²) in [6.07, 6.45) is 12.7. The monoisotopic (exact) mass is 534 g/mol. The van der Waals surface area contributed by atoms with E-state index in [4.69, 9.17) is 4.84 Å². The van der Waals surface area contributed by atoms with Crippen molar-refractivity contribution < 1.29 is 24.6 Å². The van der Waals surface area contributed by atoms with Crippen molar-refractivity contribution in [3.05, 3.63) is 59.7 Å². The quantitative estimate of drug-likeness (QED) is 0.396. The maximum absolute atomic E-state index is 12.4. The van der Waals surface area contributed by atoms with Gasteiger partial charge in [0.1, 0.15) is 5.71 Å². The lowest BCUT2D eigenvalue weighted by molar-refractivity contribution is -0.137. The molecular weight excluding hydrogens is 492 g/mol. The molecule has 3 N–H and O–H groups in total. The summed E-state index contributed by atoms with van der Waals surface area (Å²) in [5.41, 5.74) is 2.41. The summed E-state index contributed by atoms with van der Waals surface area (Å²) < 4.78 is 0. The van der Waals surface area contributed by atoms with Crippen molar-refractivity contribution in [1.82, 2.24) is 5.32 Å². The second-order valence-electron chi connectivity index (χ2n) is 12.8. The van der Waals surface area contributed by atoms with Gasteiger partial charge in [0.15, 0.2) is 6.61 Å². The minimum atomic E-state index is -0.906. The Kier molecular flexibility index (Phi) is 7.49. The van der Waals surface area contributed by atoms with Crippen molar-refractivity contribution in [2.75, 3.05) is 13.2 Å². The maximum atomic E-state index is 12.4. The number of aliphatic carboxylic acids is 1. The number of carbonyl (C=O) groups excluding carboxylic acids is 1. The third-order valence-corrected chi connectivity index (χ3v) is 10.7. The van der Waals surface area contributed by atoms with E-state index in [2.05, 4.69) is 36.5 Å².